The van der Waals surface area contributed by atoms with Gasteiger partial charge in [0, 0.05) is 0 Å². The van der Waals surface area contributed by atoms with Crippen LogP contribution < -0.4 is 24.8 Å². The quantitative estimate of drug-likeness (QED) is 0.115. The largest absolute Gasteiger partial charge is 1.00 e. The van der Waals surface area contributed by atoms with Crippen LogP contribution in [0.25, 0.3) is 45.6 Å². The van der Waals surface area contributed by atoms with Gasteiger partial charge in [-0.2, -0.15) is 0 Å². The van der Waals surface area contributed by atoms with Crippen LogP contribution in [0.15, 0.2) is 109 Å². The average molecular weight is 877 g/mol. The summed E-state index contributed by atoms with van der Waals surface area (Å²) in [5.41, 5.74) is 17.4. The Kier molecular flexibility index (Phi) is 13.9. The molecule has 0 N–H and O–H groups in total. The first-order valence-electron chi connectivity index (χ1n) is 19.7. The summed E-state index contributed by atoms with van der Waals surface area (Å²) in [6.45, 7) is 13.8. The molecule has 0 amide bonds. The molecular formula is C50H50Cl2S2Zr. The Bertz CT molecular complexity index is 2140. The molecule has 0 spiro atoms. The van der Waals surface area contributed by atoms with Crippen LogP contribution in [0.1, 0.15) is 126 Å². The molecule has 5 heteroatoms. The zero-order chi connectivity index (χ0) is 36.6. The topological polar surface area (TPSA) is 0 Å². The standard InChI is InChI=1S/2C25H25S.2ClH.Zr/c2*1-4-17(3)18-9-11-19(12-10-18)23-8-6-7-20-15-21(16-24(20)23)25-14-13-22(5-2)26-25;;;/h2*6-17H,4-5H2,1-3H3;2*1H;/q;;;;+2/p-2. The molecule has 0 radical (unpaired) electrons. The monoisotopic (exact) mass is 874 g/mol. The molecular weight excluding hydrogens is 827 g/mol. The normalized spacial score (nSPS) is 16.5. The van der Waals surface area contributed by atoms with Crippen LogP contribution in [0.5, 0.6) is 0 Å². The third kappa shape index (κ3) is 8.17. The Labute approximate surface area is 361 Å². The van der Waals surface area contributed by atoms with E-state index in [2.05, 4.69) is 163 Å². The number of hydrogen-bond donors (Lipinski definition) is 0. The van der Waals surface area contributed by atoms with Crippen LogP contribution in [0.4, 0.5) is 0 Å². The van der Waals surface area contributed by atoms with Crippen LogP contribution >= 0.6 is 22.7 Å². The molecule has 2 aliphatic carbocycles. The predicted octanol–water partition coefficient (Wildman–Crippen LogP) is 9.28. The molecule has 8 rings (SSSR count). The van der Waals surface area contributed by atoms with Gasteiger partial charge >= 0.3 is 340 Å². The summed E-state index contributed by atoms with van der Waals surface area (Å²) in [4.78, 5) is 5.88. The molecule has 55 heavy (non-hydrogen) atoms. The molecule has 0 nitrogen and oxygen atoms in total. The summed E-state index contributed by atoms with van der Waals surface area (Å²) in [6.07, 6.45) is 9.70. The van der Waals surface area contributed by atoms with E-state index >= 15 is 0 Å². The first-order valence-corrected chi connectivity index (χ1v) is 24.2. The van der Waals surface area contributed by atoms with Crippen molar-refractivity contribution in [3.8, 4) is 22.3 Å². The summed E-state index contributed by atoms with van der Waals surface area (Å²) >= 11 is 2.83. The minimum absolute atomic E-state index is 0. The molecule has 2 aromatic heterocycles. The van der Waals surface area contributed by atoms with Gasteiger partial charge in [0.1, 0.15) is 0 Å². The smallest absolute Gasteiger partial charge is 1.00 e. The van der Waals surface area contributed by atoms with E-state index < -0.39 is 23.2 Å². The number of halogens is 2. The van der Waals surface area contributed by atoms with E-state index in [1.165, 1.54) is 64.0 Å². The number of fused-ring (bicyclic) bond motifs is 2. The van der Waals surface area contributed by atoms with Gasteiger partial charge in [-0.1, -0.05) is 0 Å². The minimum atomic E-state index is -1.20. The molecule has 0 saturated heterocycles. The van der Waals surface area contributed by atoms with Gasteiger partial charge in [-0.3, -0.25) is 0 Å². The second kappa shape index (κ2) is 18.2. The summed E-state index contributed by atoms with van der Waals surface area (Å²) in [5.74, 6) is 1.16. The van der Waals surface area contributed by atoms with Gasteiger partial charge in [0.15, 0.2) is 0 Å². The number of hydrogen-bond acceptors (Lipinski definition) is 2. The van der Waals surface area contributed by atoms with Crippen LogP contribution in [-0.4, -0.2) is 0 Å². The molecule has 2 aliphatic rings. The first kappa shape index (κ1) is 41.8. The number of rotatable bonds is 12. The fraction of sp³-hybridized carbons (Fsp3) is 0.280. The second-order valence-electron chi connectivity index (χ2n) is 15.0. The molecule has 280 valence electrons. The Balaban J connectivity index is 0.00000257. The molecule has 6 aromatic rings. The molecule has 0 fully saturated rings. The molecule has 0 aliphatic heterocycles. The maximum atomic E-state index is 2.60. The molecule has 2 heterocycles. The van der Waals surface area contributed by atoms with Gasteiger partial charge in [-0.15, -0.1) is 0 Å². The second-order valence-corrected chi connectivity index (χ2v) is 20.9. The van der Waals surface area contributed by atoms with E-state index in [0.29, 0.717) is 19.1 Å². The van der Waals surface area contributed by atoms with Crippen LogP contribution in [0.3, 0.4) is 0 Å². The minimum Gasteiger partial charge on any atom is -1.00 e. The van der Waals surface area contributed by atoms with Crippen LogP contribution in [0.2, 0.25) is 0 Å². The van der Waals surface area contributed by atoms with Gasteiger partial charge < -0.3 is 24.8 Å². The zero-order valence-electron chi connectivity index (χ0n) is 32.8. The SMILES string of the molecule is CCc1ccc(C2=Cc3c(-c4ccc(C(C)CC)cc4)cccc3[CH]2[Zr+2][CH]2C(c3ccc(CC)s3)=Cc3c(-c4ccc(C(C)CC)cc4)cccc32)s1.[Cl-].[Cl-]. The van der Waals surface area contributed by atoms with E-state index in [9.17, 15) is 0 Å². The molecule has 4 unspecified atom stereocenters. The van der Waals surface area contributed by atoms with Crippen molar-refractivity contribution in [2.45, 2.75) is 86.3 Å². The van der Waals surface area contributed by atoms with Gasteiger partial charge in [-0.05, 0) is 0 Å². The van der Waals surface area contributed by atoms with Gasteiger partial charge in [0.2, 0.25) is 0 Å². The van der Waals surface area contributed by atoms with Crippen molar-refractivity contribution in [1.82, 2.24) is 0 Å². The van der Waals surface area contributed by atoms with Crippen molar-refractivity contribution in [3.05, 3.63) is 162 Å². The van der Waals surface area contributed by atoms with Crippen molar-refractivity contribution in [1.29, 1.82) is 0 Å². The van der Waals surface area contributed by atoms with Crippen molar-refractivity contribution < 1.29 is 48.0 Å². The van der Waals surface area contributed by atoms with Crippen molar-refractivity contribution >= 4 is 46.0 Å². The van der Waals surface area contributed by atoms with E-state index in [0.717, 1.165) is 25.7 Å². The Morgan fingerprint density at radius 3 is 1.25 bits per heavy atom. The van der Waals surface area contributed by atoms with Crippen LogP contribution in [-0.2, 0) is 36.1 Å². The summed E-state index contributed by atoms with van der Waals surface area (Å²) < 4.78 is 0.944. The maximum absolute atomic E-state index is 2.60. The molecule has 4 aromatic carbocycles. The van der Waals surface area contributed by atoms with E-state index in [4.69, 9.17) is 0 Å². The summed E-state index contributed by atoms with van der Waals surface area (Å²) in [6, 6.07) is 42.8. The number of benzene rings is 4. The third-order valence-electron chi connectivity index (χ3n) is 11.9. The fourth-order valence-electron chi connectivity index (χ4n) is 8.16. The van der Waals surface area contributed by atoms with Crippen molar-refractivity contribution in [2.75, 3.05) is 0 Å². The van der Waals surface area contributed by atoms with E-state index in [1.54, 1.807) is 22.3 Å². The first-order chi connectivity index (χ1) is 25.9. The Morgan fingerprint density at radius 1 is 0.509 bits per heavy atom. The van der Waals surface area contributed by atoms with Crippen molar-refractivity contribution in [2.24, 2.45) is 0 Å². The van der Waals surface area contributed by atoms with Crippen LogP contribution in [0, 0.1) is 0 Å². The van der Waals surface area contributed by atoms with Gasteiger partial charge in [-0.25, -0.2) is 0 Å². The third-order valence-corrected chi connectivity index (χ3v) is 19.1. The molecule has 0 bridgehead atoms. The number of thiophene rings is 2. The maximum Gasteiger partial charge on any atom is -1.00 e. The van der Waals surface area contributed by atoms with Gasteiger partial charge in [0.25, 0.3) is 0 Å². The summed E-state index contributed by atoms with van der Waals surface area (Å²) in [7, 11) is 0. The number of allylic oxidation sites excluding steroid dienone is 2. The Morgan fingerprint density at radius 2 is 0.909 bits per heavy atom. The zero-order valence-corrected chi connectivity index (χ0v) is 38.4. The van der Waals surface area contributed by atoms with E-state index in [1.807, 2.05) is 22.7 Å². The number of aryl methyl sites for hydroxylation is 2. The van der Waals surface area contributed by atoms with E-state index in [-0.39, 0.29) is 24.8 Å². The average Bonchev–Trinajstić information content (AvgIpc) is 4.03. The van der Waals surface area contributed by atoms with Gasteiger partial charge in [0.05, 0.1) is 0 Å². The molecule has 0 saturated carbocycles. The predicted molar refractivity (Wildman–Crippen MR) is 230 cm³/mol. The van der Waals surface area contributed by atoms with Crippen molar-refractivity contribution in [3.63, 3.8) is 0 Å². The molecule has 4 atom stereocenters. The Hall–Kier alpha value is -2.78. The summed E-state index contributed by atoms with van der Waals surface area (Å²) in [5, 5.41) is 0. The fourth-order valence-corrected chi connectivity index (χ4v) is 15.7.